The average Bonchev–Trinajstić information content (AvgIpc) is 2.88. The van der Waals surface area contributed by atoms with Crippen LogP contribution in [0.4, 0.5) is 5.69 Å². The van der Waals surface area contributed by atoms with Crippen LogP contribution < -0.4 is 4.90 Å². The summed E-state index contributed by atoms with van der Waals surface area (Å²) >= 11 is 8.06. The molecular weight excluding hydrogens is 278 g/mol. The summed E-state index contributed by atoms with van der Waals surface area (Å²) in [6.07, 6.45) is 0.533. The molecule has 0 amide bonds. The minimum Gasteiger partial charge on any atom is -0.389 e. The van der Waals surface area contributed by atoms with Gasteiger partial charge in [0.2, 0.25) is 0 Å². The van der Waals surface area contributed by atoms with E-state index in [1.165, 1.54) is 4.88 Å². The second-order valence-corrected chi connectivity index (χ2v) is 6.08. The lowest BCUT2D eigenvalue weighted by atomic mass is 10.1. The highest BCUT2D eigenvalue weighted by molar-refractivity contribution is 7.09. The van der Waals surface area contributed by atoms with Crippen LogP contribution in [0.15, 0.2) is 35.7 Å². The Hall–Kier alpha value is -1.03. The van der Waals surface area contributed by atoms with E-state index in [1.807, 2.05) is 25.2 Å². The Balaban J connectivity index is 2.04. The molecular formula is C15H18ClNOS. The van der Waals surface area contributed by atoms with Crippen molar-refractivity contribution < 1.29 is 5.11 Å². The maximum atomic E-state index is 9.54. The van der Waals surface area contributed by atoms with Crippen molar-refractivity contribution in [3.63, 3.8) is 0 Å². The van der Waals surface area contributed by atoms with E-state index < -0.39 is 6.10 Å². The molecule has 1 N–H and O–H groups in total. The summed E-state index contributed by atoms with van der Waals surface area (Å²) in [6.45, 7) is 2.67. The van der Waals surface area contributed by atoms with Crippen LogP contribution in [-0.2, 0) is 6.42 Å². The molecule has 2 aromatic rings. The maximum absolute atomic E-state index is 9.54. The van der Waals surface area contributed by atoms with Crippen LogP contribution in [-0.4, -0.2) is 18.7 Å². The largest absolute Gasteiger partial charge is 0.389 e. The lowest BCUT2D eigenvalue weighted by Crippen LogP contribution is -2.20. The maximum Gasteiger partial charge on any atom is 0.0762 e. The van der Waals surface area contributed by atoms with Gasteiger partial charge in [-0.3, -0.25) is 0 Å². The van der Waals surface area contributed by atoms with E-state index in [2.05, 4.69) is 22.4 Å². The Kier molecular flexibility index (Phi) is 4.86. The van der Waals surface area contributed by atoms with Crippen molar-refractivity contribution in [3.8, 4) is 0 Å². The molecule has 4 heteroatoms. The number of likely N-dealkylation sites (N-methyl/N-ethyl adjacent to an activating group) is 1. The van der Waals surface area contributed by atoms with E-state index in [9.17, 15) is 5.11 Å². The molecule has 0 aliphatic carbocycles. The zero-order chi connectivity index (χ0) is 13.8. The number of aliphatic hydroxyl groups excluding tert-OH is 1. The minimum atomic E-state index is -0.483. The van der Waals surface area contributed by atoms with Gasteiger partial charge < -0.3 is 10.0 Å². The average molecular weight is 296 g/mol. The van der Waals surface area contributed by atoms with Crippen molar-refractivity contribution in [1.82, 2.24) is 0 Å². The van der Waals surface area contributed by atoms with Gasteiger partial charge in [-0.1, -0.05) is 23.7 Å². The van der Waals surface area contributed by atoms with Gasteiger partial charge in [-0.05, 0) is 42.5 Å². The second-order valence-electron chi connectivity index (χ2n) is 4.64. The Bertz CT molecular complexity index is 525. The zero-order valence-corrected chi connectivity index (χ0v) is 12.7. The van der Waals surface area contributed by atoms with Crippen molar-refractivity contribution in [2.45, 2.75) is 19.4 Å². The third-order valence-corrected chi connectivity index (χ3v) is 4.38. The number of nitrogens with zero attached hydrogens (tertiary/aromatic N) is 1. The standard InChI is InChI=1S/C15H18ClNOS/c1-11(18)12-5-6-15(14(16)10-12)17(2)8-7-13-4-3-9-19-13/h3-6,9-11,18H,7-8H2,1-2H3. The Morgan fingerprint density at radius 2 is 2.16 bits per heavy atom. The van der Waals surface area contributed by atoms with Crippen LogP contribution >= 0.6 is 22.9 Å². The van der Waals surface area contributed by atoms with Crippen molar-refractivity contribution in [1.29, 1.82) is 0 Å². The lowest BCUT2D eigenvalue weighted by molar-refractivity contribution is 0.199. The van der Waals surface area contributed by atoms with Crippen LogP contribution in [0.1, 0.15) is 23.5 Å². The van der Waals surface area contributed by atoms with Crippen LogP contribution in [0, 0.1) is 0 Å². The molecule has 1 aromatic carbocycles. The number of halogens is 1. The Morgan fingerprint density at radius 1 is 1.37 bits per heavy atom. The second kappa shape index (κ2) is 6.42. The first-order chi connectivity index (χ1) is 9.08. The van der Waals surface area contributed by atoms with Gasteiger partial charge in [0.1, 0.15) is 0 Å². The van der Waals surface area contributed by atoms with Crippen molar-refractivity contribution in [3.05, 3.63) is 51.2 Å². The zero-order valence-electron chi connectivity index (χ0n) is 11.1. The third-order valence-electron chi connectivity index (χ3n) is 3.14. The summed E-state index contributed by atoms with van der Waals surface area (Å²) in [5.41, 5.74) is 1.85. The first-order valence-electron chi connectivity index (χ1n) is 6.29. The molecule has 1 aromatic heterocycles. The third kappa shape index (κ3) is 3.72. The number of aliphatic hydroxyl groups is 1. The smallest absolute Gasteiger partial charge is 0.0762 e. The van der Waals surface area contributed by atoms with Gasteiger partial charge in [-0.15, -0.1) is 11.3 Å². The van der Waals surface area contributed by atoms with Crippen molar-refractivity contribution in [2.75, 3.05) is 18.5 Å². The predicted molar refractivity (Wildman–Crippen MR) is 83.4 cm³/mol. The predicted octanol–water partition coefficient (Wildman–Crippen LogP) is 4.13. The normalized spacial score (nSPS) is 12.4. The van der Waals surface area contributed by atoms with Gasteiger partial charge in [0, 0.05) is 18.5 Å². The van der Waals surface area contributed by atoms with Gasteiger partial charge >= 0.3 is 0 Å². The number of rotatable bonds is 5. The van der Waals surface area contributed by atoms with Crippen LogP contribution in [0.25, 0.3) is 0 Å². The van der Waals surface area contributed by atoms with Crippen LogP contribution in [0.2, 0.25) is 5.02 Å². The summed E-state index contributed by atoms with van der Waals surface area (Å²) in [6, 6.07) is 9.95. The fraction of sp³-hybridized carbons (Fsp3) is 0.333. The molecule has 2 nitrogen and oxygen atoms in total. The lowest BCUT2D eigenvalue weighted by Gasteiger charge is -2.21. The highest BCUT2D eigenvalue weighted by atomic mass is 35.5. The molecule has 1 atom stereocenters. The van der Waals surface area contributed by atoms with Crippen molar-refractivity contribution in [2.24, 2.45) is 0 Å². The molecule has 2 rings (SSSR count). The summed E-state index contributed by atoms with van der Waals surface area (Å²) in [5, 5.41) is 12.3. The van der Waals surface area contributed by atoms with Gasteiger partial charge in [0.25, 0.3) is 0 Å². The summed E-state index contributed by atoms with van der Waals surface area (Å²) in [7, 11) is 2.04. The van der Waals surface area contributed by atoms with E-state index in [1.54, 1.807) is 18.3 Å². The quantitative estimate of drug-likeness (QED) is 0.896. The molecule has 0 fully saturated rings. The molecule has 0 saturated carbocycles. The monoisotopic (exact) mass is 295 g/mol. The molecule has 0 aliphatic heterocycles. The van der Waals surface area contributed by atoms with Crippen LogP contribution in [0.5, 0.6) is 0 Å². The molecule has 0 spiro atoms. The molecule has 0 aliphatic rings. The van der Waals surface area contributed by atoms with E-state index in [-0.39, 0.29) is 0 Å². The number of hydrogen-bond donors (Lipinski definition) is 1. The molecule has 19 heavy (non-hydrogen) atoms. The minimum absolute atomic E-state index is 0.483. The van der Waals surface area contributed by atoms with Gasteiger partial charge in [-0.2, -0.15) is 0 Å². The molecule has 1 unspecified atom stereocenters. The van der Waals surface area contributed by atoms with E-state index in [0.717, 1.165) is 24.2 Å². The number of anilines is 1. The summed E-state index contributed by atoms with van der Waals surface area (Å²) < 4.78 is 0. The molecule has 0 radical (unpaired) electrons. The topological polar surface area (TPSA) is 23.5 Å². The number of hydrogen-bond acceptors (Lipinski definition) is 3. The fourth-order valence-electron chi connectivity index (χ4n) is 1.95. The molecule has 0 saturated heterocycles. The highest BCUT2D eigenvalue weighted by Crippen LogP contribution is 2.28. The summed E-state index contributed by atoms with van der Waals surface area (Å²) in [5.74, 6) is 0. The Labute approximate surface area is 123 Å². The first-order valence-corrected chi connectivity index (χ1v) is 7.54. The fourth-order valence-corrected chi connectivity index (χ4v) is 2.98. The van der Waals surface area contributed by atoms with E-state index in [4.69, 9.17) is 11.6 Å². The van der Waals surface area contributed by atoms with E-state index in [0.29, 0.717) is 5.02 Å². The summed E-state index contributed by atoms with van der Waals surface area (Å²) in [4.78, 5) is 3.53. The van der Waals surface area contributed by atoms with Gasteiger partial charge in [0.15, 0.2) is 0 Å². The first kappa shape index (κ1) is 14.4. The SMILES string of the molecule is CC(O)c1ccc(N(C)CCc2cccs2)c(Cl)c1. The van der Waals surface area contributed by atoms with Crippen molar-refractivity contribution >= 4 is 28.6 Å². The molecule has 0 bridgehead atoms. The number of benzene rings is 1. The molecule has 102 valence electrons. The van der Waals surface area contributed by atoms with Crippen LogP contribution in [0.3, 0.4) is 0 Å². The van der Waals surface area contributed by atoms with Gasteiger partial charge in [-0.25, -0.2) is 0 Å². The van der Waals surface area contributed by atoms with E-state index >= 15 is 0 Å². The highest BCUT2D eigenvalue weighted by Gasteiger charge is 2.09. The Morgan fingerprint density at radius 3 is 2.74 bits per heavy atom. The van der Waals surface area contributed by atoms with Gasteiger partial charge in [0.05, 0.1) is 16.8 Å². The molecule has 1 heterocycles. The number of thiophene rings is 1.